The van der Waals surface area contributed by atoms with E-state index >= 15 is 0 Å². The summed E-state index contributed by atoms with van der Waals surface area (Å²) in [6.45, 7) is 13.6. The van der Waals surface area contributed by atoms with E-state index in [4.69, 9.17) is 42.6 Å². The maximum Gasteiger partial charge on any atom is 0.509 e. The third kappa shape index (κ3) is 25.7. The molecule has 0 aliphatic heterocycles. The Morgan fingerprint density at radius 1 is 0.510 bits per heavy atom. The predicted molar refractivity (Wildman–Crippen MR) is 168 cm³/mol. The summed E-state index contributed by atoms with van der Waals surface area (Å²) in [5.41, 5.74) is 0. The standard InChI is InChI=1S/C28H46O15.2C2H6.2Y/c1-17(38-25(31)36-15-19(3)40-27(33)42-23-11-7-5-9-21(23)29)13-35-14-18(2)39-26(32)37-16-20(4)41-28(34)43-24-12-8-6-10-22(24)30;2*1-2;;/h17-24,29-30H,5-16H2,1-4H3;2*1-2H3;;. The number of carbonyl (C=O) groups excluding carboxylic acids is 4. The van der Waals surface area contributed by atoms with Crippen LogP contribution in [0.1, 0.15) is 107 Å². The number of aliphatic hydroxyl groups excluding tert-OH is 2. The molecule has 15 nitrogen and oxygen atoms in total. The average Bonchev–Trinajstić information content (AvgIpc) is 3.03. The predicted octanol–water partition coefficient (Wildman–Crippen LogP) is 5.82. The van der Waals surface area contributed by atoms with Crippen LogP contribution in [0.2, 0.25) is 0 Å². The number of hydrogen-bond donors (Lipinski definition) is 2. The molecular weight excluding hydrogens is 802 g/mol. The van der Waals surface area contributed by atoms with Crippen molar-refractivity contribution in [1.29, 1.82) is 0 Å². The first-order chi connectivity index (χ1) is 22.4. The van der Waals surface area contributed by atoms with E-state index in [0.29, 0.717) is 25.7 Å². The van der Waals surface area contributed by atoms with Crippen LogP contribution in [-0.4, -0.2) is 110 Å². The van der Waals surface area contributed by atoms with Crippen molar-refractivity contribution in [3.63, 3.8) is 0 Å². The van der Waals surface area contributed by atoms with Crippen molar-refractivity contribution in [3.05, 3.63) is 0 Å². The molecule has 0 aromatic carbocycles. The minimum Gasteiger partial charge on any atom is -0.430 e. The van der Waals surface area contributed by atoms with Gasteiger partial charge in [0.1, 0.15) is 49.8 Å². The van der Waals surface area contributed by atoms with Gasteiger partial charge in [-0.3, -0.25) is 0 Å². The second kappa shape index (κ2) is 31.9. The van der Waals surface area contributed by atoms with E-state index in [2.05, 4.69) is 0 Å². The smallest absolute Gasteiger partial charge is 0.430 e. The molecule has 8 unspecified atom stereocenters. The molecule has 282 valence electrons. The quantitative estimate of drug-likeness (QED) is 0.157. The Bertz CT molecular complexity index is 813. The normalized spacial score (nSPS) is 21.9. The van der Waals surface area contributed by atoms with Crippen LogP contribution in [0.4, 0.5) is 19.2 Å². The van der Waals surface area contributed by atoms with Gasteiger partial charge in [0.2, 0.25) is 0 Å². The topological polar surface area (TPSA) is 192 Å². The monoisotopic (exact) mass is 860 g/mol. The number of ether oxygens (including phenoxy) is 9. The Labute approximate surface area is 341 Å². The second-order valence-corrected chi connectivity index (χ2v) is 10.9. The Balaban J connectivity index is -0.00000339. The Morgan fingerprint density at radius 2 is 0.796 bits per heavy atom. The molecule has 49 heavy (non-hydrogen) atoms. The van der Waals surface area contributed by atoms with E-state index < -0.39 is 73.5 Å². The molecule has 17 heteroatoms. The molecule has 2 fully saturated rings. The molecule has 0 saturated heterocycles. The zero-order chi connectivity index (χ0) is 35.8. The van der Waals surface area contributed by atoms with E-state index in [1.807, 2.05) is 27.7 Å². The first kappa shape index (κ1) is 52.5. The molecule has 2 saturated carbocycles. The van der Waals surface area contributed by atoms with Crippen molar-refractivity contribution in [2.45, 2.75) is 156 Å². The summed E-state index contributed by atoms with van der Waals surface area (Å²) in [5.74, 6) is 0. The van der Waals surface area contributed by atoms with Gasteiger partial charge in [-0.25, -0.2) is 19.2 Å². The van der Waals surface area contributed by atoms with Gasteiger partial charge >= 0.3 is 24.6 Å². The van der Waals surface area contributed by atoms with Gasteiger partial charge in [0.15, 0.2) is 0 Å². The van der Waals surface area contributed by atoms with E-state index in [0.717, 1.165) is 25.7 Å². The SMILES string of the molecule is CC.CC.CC(COCC(C)OC(=O)OCC(C)OC(=O)OC1CCCCC1O)OC(=O)OCC(C)OC(=O)OC1CCCCC1O.[Y].[Y]. The molecule has 0 heterocycles. The Hall–Kier alpha value is -0.832. The first-order valence-corrected chi connectivity index (χ1v) is 16.8. The van der Waals surface area contributed by atoms with Crippen LogP contribution in [0.25, 0.3) is 0 Å². The van der Waals surface area contributed by atoms with Gasteiger partial charge in [-0.1, -0.05) is 40.5 Å². The molecule has 0 aromatic heterocycles. The molecule has 0 bridgehead atoms. The van der Waals surface area contributed by atoms with Crippen molar-refractivity contribution < 1.29 is 137 Å². The van der Waals surface area contributed by atoms with Gasteiger partial charge in [0, 0.05) is 65.4 Å². The first-order valence-electron chi connectivity index (χ1n) is 16.8. The minimum atomic E-state index is -0.995. The molecular formula is C32H58O15Y2. The van der Waals surface area contributed by atoms with Crippen molar-refractivity contribution in [3.8, 4) is 0 Å². The van der Waals surface area contributed by atoms with E-state index in [1.54, 1.807) is 13.8 Å². The van der Waals surface area contributed by atoms with Gasteiger partial charge in [-0.05, 0) is 66.2 Å². The van der Waals surface area contributed by atoms with Crippen LogP contribution in [0.15, 0.2) is 0 Å². The van der Waals surface area contributed by atoms with Crippen molar-refractivity contribution >= 4 is 24.6 Å². The largest absolute Gasteiger partial charge is 0.509 e. The van der Waals surface area contributed by atoms with E-state index in [1.165, 1.54) is 13.8 Å². The number of carbonyl (C=O) groups is 4. The van der Waals surface area contributed by atoms with Crippen LogP contribution < -0.4 is 0 Å². The molecule has 2 aliphatic carbocycles. The summed E-state index contributed by atoms with van der Waals surface area (Å²) in [6.07, 6.45) is -3.85. The third-order valence-corrected chi connectivity index (χ3v) is 6.60. The van der Waals surface area contributed by atoms with Gasteiger partial charge in [0.05, 0.1) is 25.4 Å². The summed E-state index contributed by atoms with van der Waals surface area (Å²) in [7, 11) is 0. The molecule has 0 aromatic rings. The van der Waals surface area contributed by atoms with Gasteiger partial charge < -0.3 is 52.8 Å². The van der Waals surface area contributed by atoms with Crippen molar-refractivity contribution in [2.24, 2.45) is 0 Å². The zero-order valence-electron chi connectivity index (χ0n) is 30.5. The summed E-state index contributed by atoms with van der Waals surface area (Å²) in [4.78, 5) is 47.6. The molecule has 2 aliphatic rings. The second-order valence-electron chi connectivity index (χ2n) is 10.9. The fraction of sp³-hybridized carbons (Fsp3) is 0.875. The summed E-state index contributed by atoms with van der Waals surface area (Å²) in [6, 6.07) is 0. The molecule has 0 spiro atoms. The molecule has 8 atom stereocenters. The molecule has 2 radical (unpaired) electrons. The number of aliphatic hydroxyl groups is 2. The average molecular weight is 861 g/mol. The third-order valence-electron chi connectivity index (χ3n) is 6.60. The van der Waals surface area contributed by atoms with Crippen LogP contribution in [0, 0.1) is 0 Å². The van der Waals surface area contributed by atoms with Crippen molar-refractivity contribution in [2.75, 3.05) is 26.4 Å². The van der Waals surface area contributed by atoms with Gasteiger partial charge in [0.25, 0.3) is 0 Å². The number of rotatable bonds is 14. The van der Waals surface area contributed by atoms with Crippen molar-refractivity contribution in [1.82, 2.24) is 0 Å². The maximum absolute atomic E-state index is 11.9. The summed E-state index contributed by atoms with van der Waals surface area (Å²) in [5, 5.41) is 19.7. The molecule has 0 amide bonds. The zero-order valence-corrected chi connectivity index (χ0v) is 36.1. The van der Waals surface area contributed by atoms with Crippen LogP contribution in [0.5, 0.6) is 0 Å². The molecule has 2 rings (SSSR count). The molecule has 2 N–H and O–H groups in total. The van der Waals surface area contributed by atoms with E-state index in [9.17, 15) is 29.4 Å². The Morgan fingerprint density at radius 3 is 1.12 bits per heavy atom. The summed E-state index contributed by atoms with van der Waals surface area (Å²) >= 11 is 0. The van der Waals surface area contributed by atoms with Gasteiger partial charge in [-0.2, -0.15) is 0 Å². The number of hydrogen-bond acceptors (Lipinski definition) is 15. The maximum atomic E-state index is 11.9. The van der Waals surface area contributed by atoms with Gasteiger partial charge in [-0.15, -0.1) is 0 Å². The van der Waals surface area contributed by atoms with Crippen LogP contribution >= 0.6 is 0 Å². The van der Waals surface area contributed by atoms with Crippen LogP contribution in [0.3, 0.4) is 0 Å². The minimum absolute atomic E-state index is 0. The Kier molecular flexibility index (Phi) is 34.2. The fourth-order valence-corrected chi connectivity index (χ4v) is 4.36. The van der Waals surface area contributed by atoms with Crippen LogP contribution in [-0.2, 0) is 108 Å². The fourth-order valence-electron chi connectivity index (χ4n) is 4.36. The van der Waals surface area contributed by atoms with E-state index in [-0.39, 0.29) is 91.8 Å². The summed E-state index contributed by atoms with van der Waals surface area (Å²) < 4.78 is 45.8.